The minimum atomic E-state index is -3.37. The van der Waals surface area contributed by atoms with E-state index in [0.717, 1.165) is 0 Å². The summed E-state index contributed by atoms with van der Waals surface area (Å²) in [7, 11) is -3.37. The van der Waals surface area contributed by atoms with Crippen molar-refractivity contribution in [3.63, 3.8) is 0 Å². The van der Waals surface area contributed by atoms with Crippen LogP contribution in [0.3, 0.4) is 0 Å². The van der Waals surface area contributed by atoms with E-state index in [0.29, 0.717) is 13.1 Å². The van der Waals surface area contributed by atoms with Gasteiger partial charge in [0.25, 0.3) is 8.25 Å². The Kier molecular flexibility index (Phi) is 77.1. The van der Waals surface area contributed by atoms with Gasteiger partial charge >= 0.3 is 59.1 Å². The first-order chi connectivity index (χ1) is 5.56. The first-order valence-corrected chi connectivity index (χ1v) is 4.09. The zero-order chi connectivity index (χ0) is 10.4. The summed E-state index contributed by atoms with van der Waals surface area (Å²) in [6.45, 7) is 0.944. The summed E-state index contributed by atoms with van der Waals surface area (Å²) in [5, 5.41) is 15.5. The average molecular weight is 247 g/mol. The summed E-state index contributed by atoms with van der Waals surface area (Å²) in [6.07, 6.45) is 0. The normalized spacial score (nSPS) is 6.14. The molecule has 0 radical (unpaired) electrons. The molecule has 0 amide bonds. The fourth-order valence-electron chi connectivity index (χ4n) is 0. The molecule has 0 rings (SSSR count). The largest absolute Gasteiger partial charge is 1.00 e. The topological polar surface area (TPSA) is 156 Å². The zero-order valence-electron chi connectivity index (χ0n) is 8.55. The Bertz CT molecular complexity index is 80.1. The van der Waals surface area contributed by atoms with Crippen molar-refractivity contribution in [2.24, 2.45) is 11.5 Å². The molecule has 0 atom stereocenters. The van der Waals surface area contributed by atoms with E-state index in [1.807, 2.05) is 0 Å². The summed E-state index contributed by atoms with van der Waals surface area (Å²) in [4.78, 5) is 17.0. The molecule has 7 nitrogen and oxygen atoms in total. The number of hydrogen-bond donors (Lipinski definition) is 4. The van der Waals surface area contributed by atoms with Crippen LogP contribution in [0.5, 0.6) is 0 Å². The van der Waals surface area contributed by atoms with Gasteiger partial charge in [0.05, 0.1) is 13.2 Å². The first kappa shape index (κ1) is 29.7. The van der Waals surface area contributed by atoms with Crippen LogP contribution in [0.15, 0.2) is 0 Å². The SMILES string of the molecule is NCCO.NCCO.O=[P+]([O-])[O-].[Na+].[Na+]. The van der Waals surface area contributed by atoms with Crippen molar-refractivity contribution in [3.05, 3.63) is 0 Å². The second-order valence-corrected chi connectivity index (χ2v) is 1.70. The molecule has 0 unspecified atom stereocenters. The Morgan fingerprint density at radius 2 is 1.07 bits per heavy atom. The van der Waals surface area contributed by atoms with Crippen LogP contribution in [-0.4, -0.2) is 36.5 Å². The summed E-state index contributed by atoms with van der Waals surface area (Å²) >= 11 is 0. The van der Waals surface area contributed by atoms with Gasteiger partial charge in [0.2, 0.25) is 0 Å². The van der Waals surface area contributed by atoms with Crippen molar-refractivity contribution in [1.82, 2.24) is 0 Å². The third-order valence-corrected chi connectivity index (χ3v) is 0.258. The van der Waals surface area contributed by atoms with Crippen molar-refractivity contribution >= 4 is 8.25 Å². The van der Waals surface area contributed by atoms with Crippen LogP contribution in [0.25, 0.3) is 0 Å². The molecule has 0 aliphatic carbocycles. The van der Waals surface area contributed by atoms with Gasteiger partial charge in [0.15, 0.2) is 0 Å². The molecule has 14 heavy (non-hydrogen) atoms. The van der Waals surface area contributed by atoms with Gasteiger partial charge in [-0.2, -0.15) is 0 Å². The van der Waals surface area contributed by atoms with E-state index >= 15 is 0 Å². The quantitative estimate of drug-likeness (QED) is 0.279. The van der Waals surface area contributed by atoms with E-state index in [2.05, 4.69) is 0 Å². The summed E-state index contributed by atoms with van der Waals surface area (Å²) in [6, 6.07) is 0. The van der Waals surface area contributed by atoms with Crippen LogP contribution in [-0.2, 0) is 4.57 Å². The first-order valence-electron chi connectivity index (χ1n) is 3.00. The van der Waals surface area contributed by atoms with Crippen molar-refractivity contribution in [3.8, 4) is 0 Å². The van der Waals surface area contributed by atoms with Gasteiger partial charge in [-0.1, -0.05) is 4.57 Å². The maximum Gasteiger partial charge on any atom is 1.00 e. The van der Waals surface area contributed by atoms with E-state index in [4.69, 9.17) is 36.0 Å². The summed E-state index contributed by atoms with van der Waals surface area (Å²) in [5.74, 6) is 0. The monoisotopic (exact) mass is 247 g/mol. The molecule has 76 valence electrons. The van der Waals surface area contributed by atoms with Crippen LogP contribution >= 0.6 is 8.25 Å². The van der Waals surface area contributed by atoms with Gasteiger partial charge in [0, 0.05) is 13.1 Å². The molecule has 0 bridgehead atoms. The van der Waals surface area contributed by atoms with Gasteiger partial charge < -0.3 is 31.5 Å². The number of aliphatic hydroxyl groups excluding tert-OH is 2. The molecule has 0 aromatic rings. The number of hydrogen-bond acceptors (Lipinski definition) is 7. The van der Waals surface area contributed by atoms with Crippen LogP contribution in [0.2, 0.25) is 0 Å². The summed E-state index contributed by atoms with van der Waals surface area (Å²) in [5.41, 5.74) is 9.56. The van der Waals surface area contributed by atoms with Gasteiger partial charge in [0.1, 0.15) is 0 Å². The Labute approximate surface area is 128 Å². The fraction of sp³-hybridized carbons (Fsp3) is 1.00. The average Bonchev–Trinajstić information content (AvgIpc) is 2.03. The fourth-order valence-corrected chi connectivity index (χ4v) is 0. The van der Waals surface area contributed by atoms with E-state index in [1.165, 1.54) is 0 Å². The van der Waals surface area contributed by atoms with Gasteiger partial charge in [-0.15, -0.1) is 0 Å². The van der Waals surface area contributed by atoms with E-state index in [-0.39, 0.29) is 72.3 Å². The molecule has 0 fully saturated rings. The number of aliphatic hydroxyl groups is 2. The third kappa shape index (κ3) is 154. The van der Waals surface area contributed by atoms with E-state index in [9.17, 15) is 0 Å². The third-order valence-electron chi connectivity index (χ3n) is 0.258. The molecule has 0 aromatic carbocycles. The van der Waals surface area contributed by atoms with Crippen LogP contribution in [0.1, 0.15) is 0 Å². The minimum absolute atomic E-state index is 0. The molecule has 0 aromatic heterocycles. The van der Waals surface area contributed by atoms with E-state index < -0.39 is 8.25 Å². The van der Waals surface area contributed by atoms with Gasteiger partial charge in [-0.25, -0.2) is 0 Å². The maximum atomic E-state index is 8.48. The maximum absolute atomic E-state index is 8.48. The minimum Gasteiger partial charge on any atom is -0.598 e. The predicted molar refractivity (Wildman–Crippen MR) is 39.9 cm³/mol. The van der Waals surface area contributed by atoms with Crippen molar-refractivity contribution in [2.75, 3.05) is 26.3 Å². The second-order valence-electron chi connectivity index (χ2n) is 1.25. The number of rotatable bonds is 2. The molecule has 0 aliphatic heterocycles. The zero-order valence-corrected chi connectivity index (χ0v) is 13.4. The Morgan fingerprint density at radius 1 is 1.00 bits per heavy atom. The smallest absolute Gasteiger partial charge is 0.598 e. The van der Waals surface area contributed by atoms with Gasteiger partial charge in [-0.05, 0) is 0 Å². The molecule has 0 saturated carbocycles. The van der Waals surface area contributed by atoms with Gasteiger partial charge in [-0.3, -0.25) is 0 Å². The predicted octanol–water partition coefficient (Wildman–Crippen LogP) is -9.75. The Morgan fingerprint density at radius 3 is 1.07 bits per heavy atom. The molecule has 0 heterocycles. The molecule has 0 saturated heterocycles. The molecule has 6 N–H and O–H groups in total. The number of nitrogens with two attached hydrogens (primary N) is 2. The van der Waals surface area contributed by atoms with Crippen LogP contribution in [0.4, 0.5) is 0 Å². The molecule has 10 heteroatoms. The van der Waals surface area contributed by atoms with Crippen molar-refractivity contribution in [2.45, 2.75) is 0 Å². The summed E-state index contributed by atoms with van der Waals surface area (Å²) < 4.78 is 8.48. The van der Waals surface area contributed by atoms with Crippen LogP contribution < -0.4 is 80.4 Å². The standard InChI is InChI=1S/2C2H7NO.2Na.HO3P/c2*3-1-2-4;;;1-4(2)3/h2*4H,1-3H2;;;(H,1,2,3)/q;;2*+1;/p-1. The Balaban J connectivity index is -0.0000000270. The molecular formula is C4H14N2Na2O5P+. The molecule has 0 aliphatic rings. The van der Waals surface area contributed by atoms with Crippen molar-refractivity contribution in [1.29, 1.82) is 0 Å². The molecule has 0 spiro atoms. The van der Waals surface area contributed by atoms with E-state index in [1.54, 1.807) is 0 Å². The van der Waals surface area contributed by atoms with Crippen LogP contribution in [0, 0.1) is 0 Å². The molecular weight excluding hydrogens is 233 g/mol. The Hall–Kier alpha value is 1.86. The second kappa shape index (κ2) is 36.4. The van der Waals surface area contributed by atoms with Crippen molar-refractivity contribution < 1.29 is 83.7 Å².